The van der Waals surface area contributed by atoms with Gasteiger partial charge in [0, 0.05) is 24.6 Å². The van der Waals surface area contributed by atoms with Crippen molar-refractivity contribution < 1.29 is 17.7 Å². The van der Waals surface area contributed by atoms with Crippen LogP contribution in [-0.2, 0) is 6.42 Å². The van der Waals surface area contributed by atoms with Gasteiger partial charge in [0.05, 0.1) is 0 Å². The second kappa shape index (κ2) is 4.77. The van der Waals surface area contributed by atoms with Gasteiger partial charge < -0.3 is 10.3 Å². The highest BCUT2D eigenvalue weighted by Crippen LogP contribution is 2.25. The number of benzene rings is 1. The predicted octanol–water partition coefficient (Wildman–Crippen LogP) is 2.04. The van der Waals surface area contributed by atoms with E-state index >= 15 is 0 Å². The molecule has 0 saturated heterocycles. The number of rotatable bonds is 3. The molecule has 0 fully saturated rings. The van der Waals surface area contributed by atoms with Gasteiger partial charge in [-0.15, -0.1) is 0 Å². The Morgan fingerprint density at radius 1 is 1.28 bits per heavy atom. The molecule has 0 radical (unpaired) electrons. The number of hydrogen-bond donors (Lipinski definition) is 1. The minimum atomic E-state index is -1.09. The highest BCUT2D eigenvalue weighted by Gasteiger charge is 2.19. The first-order chi connectivity index (χ1) is 8.47. The van der Waals surface area contributed by atoms with Gasteiger partial charge in [-0.1, -0.05) is 5.16 Å². The predicted molar refractivity (Wildman–Crippen MR) is 57.0 cm³/mol. The van der Waals surface area contributed by atoms with Gasteiger partial charge in [0.1, 0.15) is 23.0 Å². The molecule has 7 heteroatoms. The summed E-state index contributed by atoms with van der Waals surface area (Å²) in [5.74, 6) is -3.29. The summed E-state index contributed by atoms with van der Waals surface area (Å²) < 4.78 is 44.3. The van der Waals surface area contributed by atoms with Crippen molar-refractivity contribution in [3.63, 3.8) is 0 Å². The molecule has 2 N–H and O–H groups in total. The quantitative estimate of drug-likeness (QED) is 0.913. The lowest BCUT2D eigenvalue weighted by Gasteiger charge is -1.99. The number of aromatic nitrogens is 2. The van der Waals surface area contributed by atoms with Gasteiger partial charge in [0.25, 0.3) is 5.89 Å². The van der Waals surface area contributed by atoms with E-state index in [2.05, 4.69) is 10.1 Å². The smallest absolute Gasteiger partial charge is 0.263 e. The molecule has 4 nitrogen and oxygen atoms in total. The summed E-state index contributed by atoms with van der Waals surface area (Å²) in [5.41, 5.74) is 4.99. The zero-order chi connectivity index (χ0) is 13.3. The first-order valence-electron chi connectivity index (χ1n) is 5.20. The Kier molecular flexibility index (Phi) is 3.33. The van der Waals surface area contributed by atoms with Crippen molar-refractivity contribution >= 4 is 0 Å². The van der Waals surface area contributed by atoms with Gasteiger partial charge in [0.2, 0.25) is 0 Å². The molecule has 2 rings (SSSR count). The molecule has 0 aliphatic heterocycles. The fraction of sp³-hybridized carbons (Fsp3) is 0.273. The first-order valence-corrected chi connectivity index (χ1v) is 5.20. The Morgan fingerprint density at radius 2 is 1.89 bits per heavy atom. The third kappa shape index (κ3) is 2.51. The highest BCUT2D eigenvalue weighted by molar-refractivity contribution is 5.54. The van der Waals surface area contributed by atoms with Gasteiger partial charge in [-0.2, -0.15) is 4.98 Å². The Morgan fingerprint density at radius 3 is 2.44 bits per heavy atom. The molecule has 1 unspecified atom stereocenters. The maximum Gasteiger partial charge on any atom is 0.263 e. The minimum absolute atomic E-state index is 0.210. The van der Waals surface area contributed by atoms with Crippen LogP contribution in [0.1, 0.15) is 12.7 Å². The molecule has 1 heterocycles. The molecule has 96 valence electrons. The number of nitrogens with two attached hydrogens (primary N) is 1. The topological polar surface area (TPSA) is 64.9 Å². The summed E-state index contributed by atoms with van der Waals surface area (Å²) in [4.78, 5) is 3.81. The SMILES string of the molecule is CC(N)Cc1noc(-c2c(F)cc(F)cc2F)n1. The summed E-state index contributed by atoms with van der Waals surface area (Å²) in [5, 5.41) is 3.54. The minimum Gasteiger partial charge on any atom is -0.334 e. The van der Waals surface area contributed by atoms with Crippen LogP contribution in [0.4, 0.5) is 13.2 Å². The van der Waals surface area contributed by atoms with Crippen molar-refractivity contribution in [2.75, 3.05) is 0 Å². The third-order valence-corrected chi connectivity index (χ3v) is 2.19. The van der Waals surface area contributed by atoms with Crippen LogP contribution in [0.5, 0.6) is 0 Å². The maximum absolute atomic E-state index is 13.4. The van der Waals surface area contributed by atoms with E-state index in [1.165, 1.54) is 0 Å². The molecule has 0 aliphatic carbocycles. The van der Waals surface area contributed by atoms with Gasteiger partial charge in [-0.3, -0.25) is 0 Å². The van der Waals surface area contributed by atoms with E-state index in [4.69, 9.17) is 10.3 Å². The molecular formula is C11H10F3N3O. The van der Waals surface area contributed by atoms with E-state index in [-0.39, 0.29) is 17.8 Å². The third-order valence-electron chi connectivity index (χ3n) is 2.19. The van der Waals surface area contributed by atoms with E-state index in [9.17, 15) is 13.2 Å². The Bertz CT molecular complexity index is 545. The Labute approximate surface area is 101 Å². The van der Waals surface area contributed by atoms with Crippen LogP contribution in [0.3, 0.4) is 0 Å². The molecule has 1 aromatic heterocycles. The average molecular weight is 257 g/mol. The van der Waals surface area contributed by atoms with Crippen molar-refractivity contribution in [2.45, 2.75) is 19.4 Å². The van der Waals surface area contributed by atoms with Crippen LogP contribution < -0.4 is 5.73 Å². The molecule has 2 aromatic rings. The largest absolute Gasteiger partial charge is 0.334 e. The standard InChI is InChI=1S/C11H10F3N3O/c1-5(15)2-9-16-11(18-17-9)10-7(13)3-6(12)4-8(10)14/h3-5H,2,15H2,1H3. The van der Waals surface area contributed by atoms with Gasteiger partial charge in [0.15, 0.2) is 5.82 Å². The first kappa shape index (κ1) is 12.6. The normalized spacial score (nSPS) is 12.7. The molecule has 0 amide bonds. The Balaban J connectivity index is 2.40. The van der Waals surface area contributed by atoms with Crippen LogP contribution in [0.15, 0.2) is 16.7 Å². The fourth-order valence-electron chi connectivity index (χ4n) is 1.47. The average Bonchev–Trinajstić information content (AvgIpc) is 2.63. The van der Waals surface area contributed by atoms with Crippen LogP contribution in [-0.4, -0.2) is 16.2 Å². The molecule has 1 aromatic carbocycles. The van der Waals surface area contributed by atoms with E-state index in [1.807, 2.05) is 0 Å². The highest BCUT2D eigenvalue weighted by atomic mass is 19.1. The van der Waals surface area contributed by atoms with Crippen LogP contribution in [0.2, 0.25) is 0 Å². The van der Waals surface area contributed by atoms with Crippen molar-refractivity contribution in [1.29, 1.82) is 0 Å². The van der Waals surface area contributed by atoms with E-state index in [1.54, 1.807) is 6.92 Å². The van der Waals surface area contributed by atoms with E-state index in [0.29, 0.717) is 18.6 Å². The van der Waals surface area contributed by atoms with Gasteiger partial charge >= 0.3 is 0 Å². The van der Waals surface area contributed by atoms with Crippen molar-refractivity contribution in [3.8, 4) is 11.5 Å². The molecule has 0 saturated carbocycles. The number of halogens is 3. The van der Waals surface area contributed by atoms with Crippen molar-refractivity contribution in [2.24, 2.45) is 5.73 Å². The zero-order valence-corrected chi connectivity index (χ0v) is 9.45. The summed E-state index contributed by atoms with van der Waals surface area (Å²) in [6.07, 6.45) is 0.313. The van der Waals surface area contributed by atoms with E-state index in [0.717, 1.165) is 0 Å². The molecule has 1 atom stereocenters. The van der Waals surface area contributed by atoms with Crippen LogP contribution in [0.25, 0.3) is 11.5 Å². The lowest BCUT2D eigenvalue weighted by Crippen LogP contribution is -2.18. The van der Waals surface area contributed by atoms with Crippen LogP contribution >= 0.6 is 0 Å². The zero-order valence-electron chi connectivity index (χ0n) is 9.45. The molecule has 0 bridgehead atoms. The summed E-state index contributed by atoms with van der Waals surface area (Å²) in [7, 11) is 0. The molecular weight excluding hydrogens is 247 g/mol. The summed E-state index contributed by atoms with van der Waals surface area (Å²) >= 11 is 0. The van der Waals surface area contributed by atoms with Crippen molar-refractivity contribution in [1.82, 2.24) is 10.1 Å². The lowest BCUT2D eigenvalue weighted by atomic mass is 10.2. The maximum atomic E-state index is 13.4. The molecule has 18 heavy (non-hydrogen) atoms. The molecule has 0 aliphatic rings. The summed E-state index contributed by atoms with van der Waals surface area (Å²) in [6.45, 7) is 1.73. The van der Waals surface area contributed by atoms with Gasteiger partial charge in [-0.05, 0) is 6.92 Å². The number of hydrogen-bond acceptors (Lipinski definition) is 4. The van der Waals surface area contributed by atoms with Crippen molar-refractivity contribution in [3.05, 3.63) is 35.4 Å². The van der Waals surface area contributed by atoms with Crippen LogP contribution in [0, 0.1) is 17.5 Å². The summed E-state index contributed by atoms with van der Waals surface area (Å²) in [6, 6.07) is 0.889. The fourth-order valence-corrected chi connectivity index (χ4v) is 1.47. The molecule has 0 spiro atoms. The van der Waals surface area contributed by atoms with E-state index < -0.39 is 23.0 Å². The second-order valence-corrected chi connectivity index (χ2v) is 3.94. The lowest BCUT2D eigenvalue weighted by molar-refractivity contribution is 0.414. The van der Waals surface area contributed by atoms with Gasteiger partial charge in [-0.25, -0.2) is 13.2 Å². The second-order valence-electron chi connectivity index (χ2n) is 3.94. The monoisotopic (exact) mass is 257 g/mol. The number of nitrogens with zero attached hydrogens (tertiary/aromatic N) is 2. The Hall–Kier alpha value is -1.89.